The van der Waals surface area contributed by atoms with Crippen LogP contribution in [0.3, 0.4) is 0 Å². The fourth-order valence-corrected chi connectivity index (χ4v) is 3.15. The zero-order valence-corrected chi connectivity index (χ0v) is 12.4. The SMILES string of the molecule is CCCN(c1ccc(S(=O)(=O)CC)cc1)C1CNC1. The van der Waals surface area contributed by atoms with Gasteiger partial charge in [-0.15, -0.1) is 0 Å². The molecule has 0 atom stereocenters. The van der Waals surface area contributed by atoms with E-state index >= 15 is 0 Å². The molecule has 4 nitrogen and oxygen atoms in total. The van der Waals surface area contributed by atoms with Crippen LogP contribution in [0.1, 0.15) is 20.3 Å². The molecule has 0 saturated carbocycles. The predicted octanol–water partition coefficient (Wildman–Crippen LogP) is 1.67. The van der Waals surface area contributed by atoms with E-state index in [0.717, 1.165) is 31.7 Å². The first-order valence-corrected chi connectivity index (χ1v) is 8.54. The van der Waals surface area contributed by atoms with Crippen molar-refractivity contribution in [3.8, 4) is 0 Å². The lowest BCUT2D eigenvalue weighted by molar-refractivity contribution is 0.412. The van der Waals surface area contributed by atoms with Crippen LogP contribution in [-0.2, 0) is 9.84 Å². The van der Waals surface area contributed by atoms with Gasteiger partial charge in [0, 0.05) is 25.3 Å². The lowest BCUT2D eigenvalue weighted by atomic mass is 10.1. The lowest BCUT2D eigenvalue weighted by Gasteiger charge is -2.39. The summed E-state index contributed by atoms with van der Waals surface area (Å²) in [4.78, 5) is 2.78. The minimum atomic E-state index is -3.10. The van der Waals surface area contributed by atoms with Gasteiger partial charge in [0.25, 0.3) is 0 Å². The van der Waals surface area contributed by atoms with E-state index in [-0.39, 0.29) is 5.75 Å². The number of nitrogens with zero attached hydrogens (tertiary/aromatic N) is 1. The summed E-state index contributed by atoms with van der Waals surface area (Å²) in [6.45, 7) is 6.86. The molecule has 0 spiro atoms. The minimum absolute atomic E-state index is 0.150. The molecule has 0 bridgehead atoms. The first kappa shape index (κ1) is 14.3. The molecule has 1 aromatic carbocycles. The number of sulfone groups is 1. The van der Waals surface area contributed by atoms with Crippen molar-refractivity contribution in [2.45, 2.75) is 31.2 Å². The number of nitrogens with one attached hydrogen (secondary N) is 1. The van der Waals surface area contributed by atoms with E-state index in [1.807, 2.05) is 12.1 Å². The average Bonchev–Trinajstić information content (AvgIpc) is 2.36. The van der Waals surface area contributed by atoms with Gasteiger partial charge in [0.2, 0.25) is 0 Å². The molecule has 0 aromatic heterocycles. The van der Waals surface area contributed by atoms with Gasteiger partial charge in [0.1, 0.15) is 0 Å². The lowest BCUT2D eigenvalue weighted by Crippen LogP contribution is -2.57. The molecule has 1 N–H and O–H groups in total. The maximum Gasteiger partial charge on any atom is 0.178 e. The van der Waals surface area contributed by atoms with Crippen molar-refractivity contribution in [3.63, 3.8) is 0 Å². The summed E-state index contributed by atoms with van der Waals surface area (Å²) < 4.78 is 23.6. The molecule has 1 aliphatic heterocycles. The van der Waals surface area contributed by atoms with Gasteiger partial charge in [-0.1, -0.05) is 13.8 Å². The topological polar surface area (TPSA) is 49.4 Å². The predicted molar refractivity (Wildman–Crippen MR) is 78.5 cm³/mol. The Morgan fingerprint density at radius 3 is 2.26 bits per heavy atom. The quantitative estimate of drug-likeness (QED) is 0.862. The highest BCUT2D eigenvalue weighted by molar-refractivity contribution is 7.91. The number of hydrogen-bond acceptors (Lipinski definition) is 4. The Morgan fingerprint density at radius 2 is 1.84 bits per heavy atom. The van der Waals surface area contributed by atoms with Crippen molar-refractivity contribution < 1.29 is 8.42 Å². The van der Waals surface area contributed by atoms with Crippen LogP contribution in [0.2, 0.25) is 0 Å². The van der Waals surface area contributed by atoms with Gasteiger partial charge in [-0.05, 0) is 30.7 Å². The summed E-state index contributed by atoms with van der Waals surface area (Å²) in [5.74, 6) is 0.150. The third-order valence-corrected chi connectivity index (χ3v) is 5.32. The zero-order valence-electron chi connectivity index (χ0n) is 11.6. The second-order valence-corrected chi connectivity index (χ2v) is 7.18. The standard InChI is InChI=1S/C14H22N2O2S/c1-3-9-16(13-10-15-11-13)12-5-7-14(8-6-12)19(17,18)4-2/h5-8,13,15H,3-4,9-11H2,1-2H3. The van der Waals surface area contributed by atoms with Crippen molar-refractivity contribution in [3.05, 3.63) is 24.3 Å². The molecule has 1 heterocycles. The fourth-order valence-electron chi connectivity index (χ4n) is 2.27. The van der Waals surface area contributed by atoms with Crippen LogP contribution in [0, 0.1) is 0 Å². The van der Waals surface area contributed by atoms with Crippen molar-refractivity contribution in [2.24, 2.45) is 0 Å². The van der Waals surface area contributed by atoms with E-state index in [1.54, 1.807) is 19.1 Å². The van der Waals surface area contributed by atoms with Gasteiger partial charge in [-0.3, -0.25) is 0 Å². The summed E-state index contributed by atoms with van der Waals surface area (Å²) in [5, 5.41) is 3.28. The van der Waals surface area contributed by atoms with Gasteiger partial charge in [0.05, 0.1) is 16.7 Å². The maximum absolute atomic E-state index is 11.8. The van der Waals surface area contributed by atoms with E-state index in [0.29, 0.717) is 10.9 Å². The summed E-state index contributed by atoms with van der Waals surface area (Å²) in [6.07, 6.45) is 1.09. The Morgan fingerprint density at radius 1 is 1.21 bits per heavy atom. The van der Waals surface area contributed by atoms with Crippen LogP contribution < -0.4 is 10.2 Å². The molecule has 106 valence electrons. The van der Waals surface area contributed by atoms with Crippen LogP contribution in [-0.4, -0.2) is 39.8 Å². The molecule has 0 unspecified atom stereocenters. The second-order valence-electron chi connectivity index (χ2n) is 4.90. The Balaban J connectivity index is 2.20. The number of anilines is 1. The van der Waals surface area contributed by atoms with Crippen molar-refractivity contribution in [2.75, 3.05) is 30.3 Å². The van der Waals surface area contributed by atoms with Gasteiger partial charge in [-0.25, -0.2) is 8.42 Å². The summed E-state index contributed by atoms with van der Waals surface area (Å²) in [7, 11) is -3.10. The highest BCUT2D eigenvalue weighted by atomic mass is 32.2. The Labute approximate surface area is 115 Å². The zero-order chi connectivity index (χ0) is 13.9. The first-order chi connectivity index (χ1) is 9.08. The molecule has 1 aliphatic rings. The normalized spacial score (nSPS) is 16.1. The van der Waals surface area contributed by atoms with Crippen LogP contribution >= 0.6 is 0 Å². The van der Waals surface area contributed by atoms with Crippen LogP contribution in [0.25, 0.3) is 0 Å². The Kier molecular flexibility index (Phi) is 4.47. The largest absolute Gasteiger partial charge is 0.366 e. The summed E-state index contributed by atoms with van der Waals surface area (Å²) in [5.41, 5.74) is 1.11. The minimum Gasteiger partial charge on any atom is -0.366 e. The monoisotopic (exact) mass is 282 g/mol. The average molecular weight is 282 g/mol. The van der Waals surface area contributed by atoms with E-state index in [1.165, 1.54) is 0 Å². The van der Waals surface area contributed by atoms with Crippen molar-refractivity contribution in [1.29, 1.82) is 0 Å². The molecule has 0 radical (unpaired) electrons. The first-order valence-electron chi connectivity index (χ1n) is 6.88. The Hall–Kier alpha value is -1.07. The van der Waals surface area contributed by atoms with Crippen LogP contribution in [0.15, 0.2) is 29.2 Å². The molecular weight excluding hydrogens is 260 g/mol. The third kappa shape index (κ3) is 3.09. The highest BCUT2D eigenvalue weighted by Gasteiger charge is 2.24. The number of hydrogen-bond donors (Lipinski definition) is 1. The molecule has 0 aliphatic carbocycles. The van der Waals surface area contributed by atoms with E-state index in [2.05, 4.69) is 17.1 Å². The summed E-state index contributed by atoms with van der Waals surface area (Å²) in [6, 6.07) is 7.84. The van der Waals surface area contributed by atoms with Gasteiger partial charge >= 0.3 is 0 Å². The molecular formula is C14H22N2O2S. The molecule has 1 fully saturated rings. The molecule has 19 heavy (non-hydrogen) atoms. The van der Waals surface area contributed by atoms with Gasteiger partial charge in [-0.2, -0.15) is 0 Å². The van der Waals surface area contributed by atoms with E-state index < -0.39 is 9.84 Å². The van der Waals surface area contributed by atoms with Crippen LogP contribution in [0.4, 0.5) is 5.69 Å². The van der Waals surface area contributed by atoms with Gasteiger partial charge < -0.3 is 10.2 Å². The molecule has 0 amide bonds. The molecule has 1 saturated heterocycles. The Bertz CT molecular complexity index is 507. The number of rotatable bonds is 6. The third-order valence-electron chi connectivity index (χ3n) is 3.57. The van der Waals surface area contributed by atoms with Crippen molar-refractivity contribution in [1.82, 2.24) is 5.32 Å². The number of benzene rings is 1. The van der Waals surface area contributed by atoms with Gasteiger partial charge in [0.15, 0.2) is 9.84 Å². The van der Waals surface area contributed by atoms with Crippen LogP contribution in [0.5, 0.6) is 0 Å². The maximum atomic E-state index is 11.8. The molecule has 2 rings (SSSR count). The van der Waals surface area contributed by atoms with E-state index in [9.17, 15) is 8.42 Å². The van der Waals surface area contributed by atoms with Crippen molar-refractivity contribution >= 4 is 15.5 Å². The highest BCUT2D eigenvalue weighted by Crippen LogP contribution is 2.22. The second kappa shape index (κ2) is 5.92. The molecule has 1 aromatic rings. The van der Waals surface area contributed by atoms with E-state index in [4.69, 9.17) is 0 Å². The fraction of sp³-hybridized carbons (Fsp3) is 0.571. The summed E-state index contributed by atoms with van der Waals surface area (Å²) >= 11 is 0. The smallest absolute Gasteiger partial charge is 0.178 e. The molecule has 5 heteroatoms.